The smallest absolute Gasteiger partial charge is 0.191 e. The van der Waals surface area contributed by atoms with Gasteiger partial charge in [-0.2, -0.15) is 0 Å². The van der Waals surface area contributed by atoms with Crippen LogP contribution in [-0.2, 0) is 18.3 Å². The van der Waals surface area contributed by atoms with Crippen molar-refractivity contribution in [2.75, 3.05) is 45.3 Å². The first-order chi connectivity index (χ1) is 13.6. The van der Waals surface area contributed by atoms with Crippen LogP contribution in [0.3, 0.4) is 0 Å². The maximum Gasteiger partial charge on any atom is 0.191 e. The summed E-state index contributed by atoms with van der Waals surface area (Å²) in [7, 11) is 5.79. The molecule has 2 N–H and O–H groups in total. The topological polar surface area (TPSA) is 79.6 Å². The Balaban J connectivity index is 0.00000420. The van der Waals surface area contributed by atoms with Crippen LogP contribution in [0.2, 0.25) is 0 Å². The van der Waals surface area contributed by atoms with Gasteiger partial charge in [0.2, 0.25) is 0 Å². The van der Waals surface area contributed by atoms with Crippen LogP contribution in [0, 0.1) is 6.92 Å². The molecule has 0 unspecified atom stereocenters. The molecule has 2 rings (SSSR count). The summed E-state index contributed by atoms with van der Waals surface area (Å²) in [5, 5.41) is 15.0. The van der Waals surface area contributed by atoms with Gasteiger partial charge in [0.25, 0.3) is 0 Å². The van der Waals surface area contributed by atoms with Crippen molar-refractivity contribution >= 4 is 35.6 Å². The normalized spacial score (nSPS) is 11.1. The summed E-state index contributed by atoms with van der Waals surface area (Å²) in [5.41, 5.74) is 1.23. The van der Waals surface area contributed by atoms with E-state index in [9.17, 15) is 0 Å². The van der Waals surface area contributed by atoms with E-state index in [0.717, 1.165) is 56.7 Å². The number of hydrogen-bond donors (Lipinski definition) is 2. The van der Waals surface area contributed by atoms with E-state index in [4.69, 9.17) is 4.74 Å². The summed E-state index contributed by atoms with van der Waals surface area (Å²) in [4.78, 5) is 6.91. The summed E-state index contributed by atoms with van der Waals surface area (Å²) in [6.45, 7) is 5.76. The Labute approximate surface area is 191 Å². The molecule has 0 saturated heterocycles. The third-order valence-electron chi connectivity index (χ3n) is 4.54. The molecule has 1 aromatic heterocycles. The number of aromatic nitrogens is 3. The van der Waals surface area contributed by atoms with Crippen LogP contribution in [0.4, 0.5) is 5.69 Å². The third kappa shape index (κ3) is 8.99. The molecule has 162 valence electrons. The number of nitrogens with zero attached hydrogens (tertiary/aromatic N) is 5. The number of aliphatic imine (C=N–C) groups is 1. The third-order valence-corrected chi connectivity index (χ3v) is 4.54. The van der Waals surface area contributed by atoms with Gasteiger partial charge in [0.1, 0.15) is 12.4 Å². The Morgan fingerprint density at radius 2 is 1.83 bits per heavy atom. The van der Waals surface area contributed by atoms with Crippen LogP contribution in [0.15, 0.2) is 35.3 Å². The van der Waals surface area contributed by atoms with E-state index in [1.54, 1.807) is 7.11 Å². The van der Waals surface area contributed by atoms with Crippen LogP contribution in [0.1, 0.15) is 24.5 Å². The molecule has 0 spiro atoms. The number of rotatable bonds is 11. The number of benzene rings is 1. The zero-order valence-corrected chi connectivity index (χ0v) is 20.2. The molecule has 0 bridgehead atoms. The van der Waals surface area contributed by atoms with E-state index in [-0.39, 0.29) is 24.0 Å². The predicted molar refractivity (Wildman–Crippen MR) is 129 cm³/mol. The number of nitrogens with one attached hydrogen (secondary N) is 2. The predicted octanol–water partition coefficient (Wildman–Crippen LogP) is 2.34. The van der Waals surface area contributed by atoms with E-state index in [2.05, 4.69) is 62.0 Å². The van der Waals surface area contributed by atoms with E-state index < -0.39 is 0 Å². The minimum absolute atomic E-state index is 0. The van der Waals surface area contributed by atoms with Crippen molar-refractivity contribution < 1.29 is 4.74 Å². The van der Waals surface area contributed by atoms with Gasteiger partial charge < -0.3 is 24.8 Å². The Bertz CT molecular complexity index is 721. The molecule has 29 heavy (non-hydrogen) atoms. The lowest BCUT2D eigenvalue weighted by Gasteiger charge is -2.19. The molecule has 0 aliphatic rings. The van der Waals surface area contributed by atoms with Crippen LogP contribution in [0.25, 0.3) is 0 Å². The lowest BCUT2D eigenvalue weighted by molar-refractivity contribution is 0.195. The van der Waals surface area contributed by atoms with Crippen molar-refractivity contribution in [3.8, 4) is 0 Å². The minimum Gasteiger partial charge on any atom is -0.385 e. The van der Waals surface area contributed by atoms with Crippen molar-refractivity contribution in [1.29, 1.82) is 0 Å². The fourth-order valence-electron chi connectivity index (χ4n) is 2.67. The zero-order chi connectivity index (χ0) is 20.2. The molecule has 0 amide bonds. The van der Waals surface area contributed by atoms with Crippen LogP contribution < -0.4 is 15.5 Å². The highest BCUT2D eigenvalue weighted by Crippen LogP contribution is 2.10. The Morgan fingerprint density at radius 1 is 1.14 bits per heavy atom. The molecule has 1 aromatic carbocycles. The summed E-state index contributed by atoms with van der Waals surface area (Å²) in [5.74, 6) is 2.52. The van der Waals surface area contributed by atoms with Crippen molar-refractivity contribution in [2.45, 2.75) is 26.3 Å². The van der Waals surface area contributed by atoms with Gasteiger partial charge in [-0.25, -0.2) is 4.99 Å². The summed E-state index contributed by atoms with van der Waals surface area (Å²) >= 11 is 0. The number of ether oxygens (including phenoxy) is 1. The second kappa shape index (κ2) is 14.2. The van der Waals surface area contributed by atoms with Gasteiger partial charge in [0.05, 0.1) is 0 Å². The van der Waals surface area contributed by atoms with E-state index in [0.29, 0.717) is 6.54 Å². The fraction of sp³-hybridized carbons (Fsp3) is 0.550. The molecule has 2 aromatic rings. The standard InChI is InChI=1S/C20H33N7O.HI/c1-17-24-25-19(27(17)3)16-23-20(22-13-9-15-28-4)21-12-8-14-26(2)18-10-6-5-7-11-18;/h5-7,10-11H,8-9,12-16H2,1-4H3,(H2,21,22,23);1H. The number of hydrogen-bond acceptors (Lipinski definition) is 5. The van der Waals surface area contributed by atoms with E-state index in [1.165, 1.54) is 5.69 Å². The van der Waals surface area contributed by atoms with Crippen molar-refractivity contribution in [3.63, 3.8) is 0 Å². The van der Waals surface area contributed by atoms with Crippen molar-refractivity contribution in [1.82, 2.24) is 25.4 Å². The lowest BCUT2D eigenvalue weighted by atomic mass is 10.3. The van der Waals surface area contributed by atoms with Gasteiger partial charge in [0, 0.05) is 53.1 Å². The second-order valence-electron chi connectivity index (χ2n) is 6.70. The Morgan fingerprint density at radius 3 is 2.45 bits per heavy atom. The highest BCUT2D eigenvalue weighted by atomic mass is 127. The summed E-state index contributed by atoms with van der Waals surface area (Å²) in [6.07, 6.45) is 1.93. The molecule has 0 aliphatic carbocycles. The highest BCUT2D eigenvalue weighted by molar-refractivity contribution is 14.0. The average Bonchev–Trinajstić information content (AvgIpc) is 3.04. The molecule has 1 heterocycles. The molecule has 0 radical (unpaired) electrons. The first kappa shape index (κ1) is 25.2. The largest absolute Gasteiger partial charge is 0.385 e. The molecular weight excluding hydrogens is 481 g/mol. The molecule has 0 aliphatic heterocycles. The number of halogens is 1. The maximum atomic E-state index is 5.11. The Hall–Kier alpha value is -1.88. The first-order valence-electron chi connectivity index (χ1n) is 9.74. The van der Waals surface area contributed by atoms with Gasteiger partial charge in [-0.05, 0) is 31.9 Å². The van der Waals surface area contributed by atoms with Gasteiger partial charge in [-0.1, -0.05) is 18.2 Å². The Kier molecular flexibility index (Phi) is 12.3. The van der Waals surface area contributed by atoms with Gasteiger partial charge in [-0.15, -0.1) is 34.2 Å². The van der Waals surface area contributed by atoms with E-state index >= 15 is 0 Å². The van der Waals surface area contributed by atoms with Gasteiger partial charge in [-0.3, -0.25) is 0 Å². The number of guanidine groups is 1. The molecule has 9 heteroatoms. The van der Waals surface area contributed by atoms with E-state index in [1.807, 2.05) is 24.6 Å². The number of methoxy groups -OCH3 is 1. The summed E-state index contributed by atoms with van der Waals surface area (Å²) < 4.78 is 7.07. The van der Waals surface area contributed by atoms with Crippen LogP contribution in [0.5, 0.6) is 0 Å². The molecular formula is C20H34IN7O. The average molecular weight is 515 g/mol. The minimum atomic E-state index is 0. The van der Waals surface area contributed by atoms with Crippen LogP contribution >= 0.6 is 24.0 Å². The molecule has 0 fully saturated rings. The quantitative estimate of drug-likeness (QED) is 0.207. The monoisotopic (exact) mass is 515 g/mol. The summed E-state index contributed by atoms with van der Waals surface area (Å²) in [6, 6.07) is 10.4. The maximum absolute atomic E-state index is 5.11. The second-order valence-corrected chi connectivity index (χ2v) is 6.70. The van der Waals surface area contributed by atoms with Gasteiger partial charge in [0.15, 0.2) is 11.8 Å². The number of aryl methyl sites for hydroxylation is 1. The van der Waals surface area contributed by atoms with Crippen molar-refractivity contribution in [3.05, 3.63) is 42.0 Å². The zero-order valence-electron chi connectivity index (χ0n) is 17.9. The molecule has 0 saturated carbocycles. The van der Waals surface area contributed by atoms with Crippen molar-refractivity contribution in [2.24, 2.45) is 12.0 Å². The molecule has 0 atom stereocenters. The van der Waals surface area contributed by atoms with Crippen LogP contribution in [-0.4, -0.2) is 61.1 Å². The first-order valence-corrected chi connectivity index (χ1v) is 9.74. The lowest BCUT2D eigenvalue weighted by Crippen LogP contribution is -2.39. The van der Waals surface area contributed by atoms with Gasteiger partial charge >= 0.3 is 0 Å². The highest BCUT2D eigenvalue weighted by Gasteiger charge is 2.05. The number of para-hydroxylation sites is 1. The fourth-order valence-corrected chi connectivity index (χ4v) is 2.67. The number of anilines is 1. The molecule has 8 nitrogen and oxygen atoms in total. The SMILES string of the molecule is COCCCNC(=NCc1nnc(C)n1C)NCCCN(C)c1ccccc1.I.